The number of rotatable bonds is 3. The molecule has 1 heteroatoms. The van der Waals surface area contributed by atoms with Crippen molar-refractivity contribution in [1.29, 1.82) is 0 Å². The van der Waals surface area contributed by atoms with Crippen LogP contribution in [0.3, 0.4) is 0 Å². The van der Waals surface area contributed by atoms with Crippen molar-refractivity contribution < 1.29 is 0 Å². The van der Waals surface area contributed by atoms with Gasteiger partial charge in [0.2, 0.25) is 0 Å². The first-order valence-electron chi connectivity index (χ1n) is 5.14. The predicted octanol–water partition coefficient (Wildman–Crippen LogP) is 2.25. The Morgan fingerprint density at radius 2 is 1.13 bits per heavy atom. The van der Waals surface area contributed by atoms with E-state index >= 15 is 0 Å². The third-order valence-electron chi connectivity index (χ3n) is 2.55. The van der Waals surface area contributed by atoms with Gasteiger partial charge in [-0.2, -0.15) is 0 Å². The third kappa shape index (κ3) is 2.31. The molecule has 0 aliphatic carbocycles. The van der Waals surface area contributed by atoms with Crippen LogP contribution in [0.2, 0.25) is 0 Å². The molecule has 0 unspecified atom stereocenters. The minimum absolute atomic E-state index is 0.422. The van der Waals surface area contributed by atoms with Gasteiger partial charge in [-0.15, -0.1) is 0 Å². The predicted molar refractivity (Wildman–Crippen MR) is 69.3 cm³/mol. The van der Waals surface area contributed by atoms with E-state index in [9.17, 15) is 0 Å². The number of benzene rings is 2. The van der Waals surface area contributed by atoms with Crippen LogP contribution in [0.15, 0.2) is 60.7 Å². The largest absolute Gasteiger partial charge is 0.0980 e. The van der Waals surface area contributed by atoms with E-state index in [0.717, 1.165) is 0 Å². The lowest BCUT2D eigenvalue weighted by Crippen LogP contribution is -2.02. The van der Waals surface area contributed by atoms with Crippen molar-refractivity contribution in [2.45, 2.75) is 5.92 Å². The van der Waals surface area contributed by atoms with Crippen molar-refractivity contribution >= 4 is 15.5 Å². The molecule has 0 amide bonds. The van der Waals surface area contributed by atoms with Crippen molar-refractivity contribution in [2.75, 3.05) is 0 Å². The molecule has 74 valence electrons. The highest BCUT2D eigenvalue weighted by Crippen LogP contribution is 2.21. The molecule has 0 radical (unpaired) electrons. The van der Waals surface area contributed by atoms with Crippen LogP contribution in [0, 0.1) is 0 Å². The van der Waals surface area contributed by atoms with Gasteiger partial charge in [0, 0.05) is 5.92 Å². The van der Waals surface area contributed by atoms with Crippen LogP contribution in [-0.2, 0) is 0 Å². The summed E-state index contributed by atoms with van der Waals surface area (Å²) in [6, 6.07) is 21.2. The summed E-state index contributed by atoms with van der Waals surface area (Å²) in [7, 11) is 1.92. The summed E-state index contributed by atoms with van der Waals surface area (Å²) in [4.78, 5) is 0. The summed E-state index contributed by atoms with van der Waals surface area (Å²) in [6.07, 6.45) is 0. The molecular formula is C14H14Si. The lowest BCUT2D eigenvalue weighted by atomic mass is 9.93. The Kier molecular flexibility index (Phi) is 3.25. The van der Waals surface area contributed by atoms with Crippen molar-refractivity contribution in [1.82, 2.24) is 0 Å². The highest BCUT2D eigenvalue weighted by atomic mass is 28.1. The molecule has 2 aromatic carbocycles. The molecule has 0 nitrogen and oxygen atoms in total. The molecule has 0 N–H and O–H groups in total. The standard InChI is InChI=1S/C14H14Si/c15-11-14(12-7-3-1-4-8-12)13-9-5-2-6-10-13/h1-11,14H,15H2. The zero-order valence-corrected chi connectivity index (χ0v) is 10.0. The highest BCUT2D eigenvalue weighted by molar-refractivity contribution is 6.29. The van der Waals surface area contributed by atoms with Crippen molar-refractivity contribution in [2.24, 2.45) is 0 Å². The van der Waals surface area contributed by atoms with Gasteiger partial charge in [-0.25, -0.2) is 0 Å². The fourth-order valence-corrected chi connectivity index (χ4v) is 2.33. The van der Waals surface area contributed by atoms with Crippen molar-refractivity contribution in [3.05, 3.63) is 71.8 Å². The van der Waals surface area contributed by atoms with Gasteiger partial charge in [-0.3, -0.25) is 0 Å². The number of hydrogen-bond donors (Lipinski definition) is 0. The fourth-order valence-electron chi connectivity index (χ4n) is 1.79. The average Bonchev–Trinajstić information content (AvgIpc) is 2.33. The van der Waals surface area contributed by atoms with Crippen LogP contribution in [-0.4, -0.2) is 15.5 Å². The molecule has 15 heavy (non-hydrogen) atoms. The van der Waals surface area contributed by atoms with Crippen LogP contribution in [0.25, 0.3) is 0 Å². The molecule has 0 saturated carbocycles. The maximum Gasteiger partial charge on any atom is 0.0226 e. The highest BCUT2D eigenvalue weighted by Gasteiger charge is 2.07. The Bertz CT molecular complexity index is 380. The molecule has 2 rings (SSSR count). The summed E-state index contributed by atoms with van der Waals surface area (Å²) < 4.78 is 0. The van der Waals surface area contributed by atoms with Crippen molar-refractivity contribution in [3.8, 4) is 0 Å². The first-order valence-corrected chi connectivity index (χ1v) is 5.96. The lowest BCUT2D eigenvalue weighted by Gasteiger charge is -2.13. The van der Waals surface area contributed by atoms with Crippen LogP contribution >= 0.6 is 0 Å². The van der Waals surface area contributed by atoms with E-state index in [-0.39, 0.29) is 0 Å². The van der Waals surface area contributed by atoms with Gasteiger partial charge in [0.25, 0.3) is 0 Å². The van der Waals surface area contributed by atoms with E-state index in [0.29, 0.717) is 5.92 Å². The Morgan fingerprint density at radius 3 is 1.47 bits per heavy atom. The molecule has 0 spiro atoms. The minimum atomic E-state index is 0.422. The lowest BCUT2D eigenvalue weighted by molar-refractivity contribution is 1.12. The Balaban J connectivity index is 2.38. The topological polar surface area (TPSA) is 0 Å². The van der Waals surface area contributed by atoms with Crippen LogP contribution in [0.4, 0.5) is 0 Å². The second kappa shape index (κ2) is 4.85. The van der Waals surface area contributed by atoms with Gasteiger partial charge in [0.15, 0.2) is 0 Å². The molecule has 0 atom stereocenters. The van der Waals surface area contributed by atoms with E-state index in [1.165, 1.54) is 11.1 Å². The Morgan fingerprint density at radius 1 is 0.733 bits per heavy atom. The monoisotopic (exact) mass is 210 g/mol. The molecule has 0 bridgehead atoms. The van der Waals surface area contributed by atoms with E-state index < -0.39 is 0 Å². The summed E-state index contributed by atoms with van der Waals surface area (Å²) in [5, 5.41) is 0. The SMILES string of the molecule is [SiH2]=CC(c1ccccc1)c1ccccc1. The van der Waals surface area contributed by atoms with Gasteiger partial charge in [0.1, 0.15) is 0 Å². The second-order valence-corrected chi connectivity index (χ2v) is 4.01. The molecular weight excluding hydrogens is 196 g/mol. The van der Waals surface area contributed by atoms with Crippen molar-refractivity contribution in [3.63, 3.8) is 0 Å². The van der Waals surface area contributed by atoms with Crippen LogP contribution in [0.5, 0.6) is 0 Å². The normalized spacial score (nSPS) is 10.2. The first-order chi connectivity index (χ1) is 7.42. The fraction of sp³-hybridized carbons (Fsp3) is 0.0714. The first kappa shape index (κ1) is 10.1. The van der Waals surface area contributed by atoms with Gasteiger partial charge in [0.05, 0.1) is 0 Å². The Hall–Kier alpha value is -1.47. The molecule has 0 aliphatic rings. The average molecular weight is 210 g/mol. The zero-order valence-electron chi connectivity index (χ0n) is 8.64. The van der Waals surface area contributed by atoms with E-state index in [1.807, 2.05) is 9.85 Å². The zero-order chi connectivity index (χ0) is 10.5. The molecule has 0 aliphatic heterocycles. The maximum absolute atomic E-state index is 2.27. The summed E-state index contributed by atoms with van der Waals surface area (Å²) >= 11 is 0. The summed E-state index contributed by atoms with van der Waals surface area (Å²) in [6.45, 7) is 0. The van der Waals surface area contributed by atoms with Gasteiger partial charge < -0.3 is 0 Å². The molecule has 0 fully saturated rings. The van der Waals surface area contributed by atoms with E-state index in [1.54, 1.807) is 0 Å². The second-order valence-electron chi connectivity index (χ2n) is 3.53. The summed E-state index contributed by atoms with van der Waals surface area (Å²) in [5.41, 5.74) is 4.99. The number of hydrogen-bond acceptors (Lipinski definition) is 0. The molecule has 0 heterocycles. The van der Waals surface area contributed by atoms with E-state index in [2.05, 4.69) is 66.3 Å². The quantitative estimate of drug-likeness (QED) is 0.682. The smallest absolute Gasteiger partial charge is 0.0226 e. The van der Waals surface area contributed by atoms with Gasteiger partial charge in [-0.05, 0) is 21.0 Å². The third-order valence-corrected chi connectivity index (χ3v) is 3.02. The Labute approximate surface area is 93.6 Å². The summed E-state index contributed by atoms with van der Waals surface area (Å²) in [5.74, 6) is 0.422. The molecule has 2 aromatic rings. The minimum Gasteiger partial charge on any atom is -0.0980 e. The van der Waals surface area contributed by atoms with Gasteiger partial charge >= 0.3 is 0 Å². The van der Waals surface area contributed by atoms with Crippen LogP contribution in [0.1, 0.15) is 17.0 Å². The molecule has 0 saturated heterocycles. The van der Waals surface area contributed by atoms with E-state index in [4.69, 9.17) is 0 Å². The molecule has 0 aromatic heterocycles. The maximum atomic E-state index is 2.27. The van der Waals surface area contributed by atoms with Gasteiger partial charge in [-0.1, -0.05) is 66.3 Å². The van der Waals surface area contributed by atoms with Crippen LogP contribution < -0.4 is 0 Å².